The van der Waals surface area contributed by atoms with E-state index in [4.69, 9.17) is 20.3 Å². The van der Waals surface area contributed by atoms with Crippen LogP contribution in [0.3, 0.4) is 0 Å². The number of aliphatic hydroxyl groups excluding tert-OH is 1. The minimum atomic E-state index is -4.66. The standard InChI is InChI=1S/C18H27N4O7PS/c1-9-7-22(8-28-30(25,26)27)21-12(9)15(24)20-16-11(14(19)23)10-6-17(2,3)29-18(4,5)13(10)31-16/h7,15,20,24H,6,8H2,1-5H3,(H2,19,23)(H2,25,26,27). The Morgan fingerprint density at radius 3 is 2.68 bits per heavy atom. The third kappa shape index (κ3) is 5.17. The van der Waals surface area contributed by atoms with Gasteiger partial charge in [0.05, 0.1) is 16.8 Å². The summed E-state index contributed by atoms with van der Waals surface area (Å²) in [5, 5.41) is 18.2. The van der Waals surface area contributed by atoms with Crippen molar-refractivity contribution in [2.24, 2.45) is 5.73 Å². The number of rotatable bonds is 7. The maximum atomic E-state index is 12.3. The van der Waals surface area contributed by atoms with E-state index in [1.807, 2.05) is 27.7 Å². The van der Waals surface area contributed by atoms with Crippen LogP contribution in [0.4, 0.5) is 5.00 Å². The van der Waals surface area contributed by atoms with Crippen LogP contribution in [0.5, 0.6) is 0 Å². The molecule has 3 rings (SSSR count). The summed E-state index contributed by atoms with van der Waals surface area (Å²) in [6.45, 7) is 8.91. The van der Waals surface area contributed by atoms with E-state index < -0.39 is 37.9 Å². The van der Waals surface area contributed by atoms with Crippen molar-refractivity contribution in [3.05, 3.63) is 33.5 Å². The van der Waals surface area contributed by atoms with Crippen LogP contribution >= 0.6 is 19.2 Å². The Balaban J connectivity index is 1.92. The third-order valence-corrected chi connectivity index (χ3v) is 6.72. The number of nitrogens with one attached hydrogen (secondary N) is 1. The molecule has 0 aromatic carbocycles. The Hall–Kier alpha value is -1.79. The van der Waals surface area contributed by atoms with Crippen LogP contribution in [0.15, 0.2) is 6.20 Å². The first kappa shape index (κ1) is 23.9. The van der Waals surface area contributed by atoms with Crippen LogP contribution in [-0.4, -0.2) is 36.2 Å². The normalized spacial score (nSPS) is 18.5. The van der Waals surface area contributed by atoms with E-state index in [1.165, 1.54) is 17.5 Å². The Morgan fingerprint density at radius 2 is 2.10 bits per heavy atom. The summed E-state index contributed by atoms with van der Waals surface area (Å²) in [4.78, 5) is 30.8. The average molecular weight is 474 g/mol. The van der Waals surface area contributed by atoms with Crippen LogP contribution < -0.4 is 11.1 Å². The summed E-state index contributed by atoms with van der Waals surface area (Å²) in [7, 11) is -4.66. The van der Waals surface area contributed by atoms with Gasteiger partial charge in [0.2, 0.25) is 0 Å². The molecule has 0 bridgehead atoms. The number of phosphoric ester groups is 1. The van der Waals surface area contributed by atoms with Crippen LogP contribution in [0.2, 0.25) is 0 Å². The molecule has 0 spiro atoms. The van der Waals surface area contributed by atoms with Crippen molar-refractivity contribution >= 4 is 30.1 Å². The lowest BCUT2D eigenvalue weighted by atomic mass is 9.86. The molecule has 2 aromatic heterocycles. The summed E-state index contributed by atoms with van der Waals surface area (Å²) in [5.74, 6) is -0.613. The quantitative estimate of drug-likeness (QED) is 0.298. The fourth-order valence-corrected chi connectivity index (χ4v) is 5.43. The highest BCUT2D eigenvalue weighted by Crippen LogP contribution is 2.48. The highest BCUT2D eigenvalue weighted by atomic mass is 32.1. The van der Waals surface area contributed by atoms with Crippen molar-refractivity contribution in [1.82, 2.24) is 9.78 Å². The van der Waals surface area contributed by atoms with Gasteiger partial charge in [-0.1, -0.05) is 0 Å². The number of hydrogen-bond acceptors (Lipinski definition) is 8. The maximum Gasteiger partial charge on any atom is 0.471 e. The Labute approximate surface area is 183 Å². The second-order valence-corrected chi connectivity index (χ2v) is 10.8. The van der Waals surface area contributed by atoms with Gasteiger partial charge in [0.1, 0.15) is 10.7 Å². The van der Waals surface area contributed by atoms with Crippen LogP contribution in [0.1, 0.15) is 66.0 Å². The number of nitrogens with two attached hydrogens (primary N) is 1. The number of aromatic nitrogens is 2. The number of aliphatic hydroxyl groups is 1. The molecule has 31 heavy (non-hydrogen) atoms. The number of thiophene rings is 1. The molecule has 1 unspecified atom stereocenters. The SMILES string of the molecule is Cc1cn(COP(=O)(O)O)nc1C(O)Nc1sc2c(c1C(N)=O)CC(C)(C)OC2(C)C. The fraction of sp³-hybridized carbons (Fsp3) is 0.556. The first-order valence-corrected chi connectivity index (χ1v) is 11.8. The summed E-state index contributed by atoms with van der Waals surface area (Å²) >= 11 is 1.29. The number of ether oxygens (including phenoxy) is 1. The average Bonchev–Trinajstić information content (AvgIpc) is 3.11. The van der Waals surface area contributed by atoms with Crippen LogP contribution in [0.25, 0.3) is 0 Å². The molecule has 1 atom stereocenters. The molecule has 0 radical (unpaired) electrons. The molecule has 6 N–H and O–H groups in total. The first-order chi connectivity index (χ1) is 14.1. The van der Waals surface area contributed by atoms with Crippen LogP contribution in [-0.2, 0) is 32.6 Å². The van der Waals surface area contributed by atoms with Crippen molar-refractivity contribution in [3.8, 4) is 0 Å². The Kier molecular flexibility index (Phi) is 6.13. The van der Waals surface area contributed by atoms with Gasteiger partial charge in [-0.3, -0.25) is 9.32 Å². The maximum absolute atomic E-state index is 12.3. The minimum Gasteiger partial charge on any atom is -0.368 e. The van der Waals surface area contributed by atoms with Gasteiger partial charge in [-0.2, -0.15) is 5.10 Å². The highest BCUT2D eigenvalue weighted by molar-refractivity contribution is 7.46. The number of carbonyl (C=O) groups is 1. The van der Waals surface area contributed by atoms with Crippen molar-refractivity contribution in [2.45, 2.75) is 65.2 Å². The van der Waals surface area contributed by atoms with Gasteiger partial charge in [0.15, 0.2) is 13.0 Å². The van der Waals surface area contributed by atoms with E-state index in [1.54, 1.807) is 6.92 Å². The van der Waals surface area contributed by atoms with E-state index in [0.717, 1.165) is 15.1 Å². The molecule has 11 nitrogen and oxygen atoms in total. The van der Waals surface area contributed by atoms with Gasteiger partial charge in [-0.05, 0) is 45.7 Å². The zero-order valence-electron chi connectivity index (χ0n) is 17.9. The molecule has 1 aliphatic rings. The van der Waals surface area contributed by atoms with Gasteiger partial charge in [-0.15, -0.1) is 11.3 Å². The van der Waals surface area contributed by atoms with E-state index in [2.05, 4.69) is 14.9 Å². The summed E-state index contributed by atoms with van der Waals surface area (Å²) in [6, 6.07) is 0. The smallest absolute Gasteiger partial charge is 0.368 e. The van der Waals surface area contributed by atoms with Gasteiger partial charge < -0.3 is 30.7 Å². The van der Waals surface area contributed by atoms with E-state index in [9.17, 15) is 14.5 Å². The van der Waals surface area contributed by atoms with Gasteiger partial charge in [0, 0.05) is 17.5 Å². The van der Waals surface area contributed by atoms with Gasteiger partial charge in [-0.25, -0.2) is 9.25 Å². The van der Waals surface area contributed by atoms with E-state index in [0.29, 0.717) is 22.5 Å². The zero-order chi connectivity index (χ0) is 23.4. The Bertz CT molecular complexity index is 1060. The minimum absolute atomic E-state index is 0.215. The van der Waals surface area contributed by atoms with Gasteiger partial charge in [0.25, 0.3) is 5.91 Å². The molecular weight excluding hydrogens is 447 g/mol. The zero-order valence-corrected chi connectivity index (χ0v) is 19.6. The summed E-state index contributed by atoms with van der Waals surface area (Å²) in [5.41, 5.74) is 6.42. The molecule has 172 valence electrons. The molecule has 0 saturated carbocycles. The predicted molar refractivity (Wildman–Crippen MR) is 113 cm³/mol. The van der Waals surface area contributed by atoms with Crippen molar-refractivity contribution in [1.29, 1.82) is 0 Å². The topological polar surface area (TPSA) is 169 Å². The molecular formula is C18H27N4O7PS. The molecule has 0 fully saturated rings. The van der Waals surface area contributed by atoms with Gasteiger partial charge >= 0.3 is 7.82 Å². The predicted octanol–water partition coefficient (Wildman–Crippen LogP) is 2.11. The molecule has 0 aliphatic carbocycles. The van der Waals surface area contributed by atoms with Crippen molar-refractivity contribution in [2.75, 3.05) is 5.32 Å². The fourth-order valence-electron chi connectivity index (χ4n) is 3.88. The third-order valence-electron chi connectivity index (χ3n) is 4.80. The van der Waals surface area contributed by atoms with Crippen LogP contribution in [0, 0.1) is 6.92 Å². The number of phosphoric acid groups is 1. The Morgan fingerprint density at radius 1 is 1.45 bits per heavy atom. The second-order valence-electron chi connectivity index (χ2n) is 8.56. The monoisotopic (exact) mass is 474 g/mol. The molecule has 1 amide bonds. The van der Waals surface area contributed by atoms with Crippen molar-refractivity contribution < 1.29 is 33.5 Å². The van der Waals surface area contributed by atoms with Crippen molar-refractivity contribution in [3.63, 3.8) is 0 Å². The number of aryl methyl sites for hydroxylation is 1. The lowest BCUT2D eigenvalue weighted by Crippen LogP contribution is -2.42. The highest BCUT2D eigenvalue weighted by Gasteiger charge is 2.43. The lowest BCUT2D eigenvalue weighted by Gasteiger charge is -2.41. The largest absolute Gasteiger partial charge is 0.471 e. The summed E-state index contributed by atoms with van der Waals surface area (Å²) < 4.78 is 22.6. The number of fused-ring (bicyclic) bond motifs is 1. The number of hydrogen-bond donors (Lipinski definition) is 5. The number of carbonyl (C=O) groups excluding carboxylic acids is 1. The molecule has 1 aliphatic heterocycles. The second kappa shape index (κ2) is 7.96. The number of nitrogens with zero attached hydrogens (tertiary/aromatic N) is 2. The molecule has 13 heteroatoms. The lowest BCUT2D eigenvalue weighted by molar-refractivity contribution is -0.135. The van der Waals surface area contributed by atoms with E-state index >= 15 is 0 Å². The molecule has 0 saturated heterocycles. The first-order valence-electron chi connectivity index (χ1n) is 9.44. The number of primary amides is 1. The van der Waals surface area contributed by atoms with E-state index in [-0.39, 0.29) is 5.69 Å². The molecule has 2 aromatic rings. The number of anilines is 1. The molecule has 3 heterocycles. The summed E-state index contributed by atoms with van der Waals surface area (Å²) in [6.07, 6.45) is 0.668. The number of amides is 1.